The van der Waals surface area contributed by atoms with E-state index in [9.17, 15) is 4.79 Å². The molecular formula is C15H15N5O2S. The highest BCUT2D eigenvalue weighted by Gasteiger charge is 2.29. The third-order valence-electron chi connectivity index (χ3n) is 3.96. The number of hydrogen-bond acceptors (Lipinski definition) is 6. The van der Waals surface area contributed by atoms with Crippen LogP contribution in [0.1, 0.15) is 35.1 Å². The summed E-state index contributed by atoms with van der Waals surface area (Å²) >= 11 is 1.57. The standard InChI is InChI=1S/C15H15N5O2S/c21-15(11-5-6-16-17-11)20-7-1-3-10(9-20)13-18-19-14(22-13)12-4-2-8-23-12/h2,4-6,8,10H,1,3,7,9H2,(H,16,17). The highest BCUT2D eigenvalue weighted by atomic mass is 32.1. The van der Waals surface area contributed by atoms with Gasteiger partial charge in [-0.2, -0.15) is 5.10 Å². The maximum atomic E-state index is 12.4. The molecule has 0 spiro atoms. The van der Waals surface area contributed by atoms with Gasteiger partial charge in [0.1, 0.15) is 5.69 Å². The molecule has 23 heavy (non-hydrogen) atoms. The molecule has 1 saturated heterocycles. The Morgan fingerprint density at radius 1 is 1.39 bits per heavy atom. The van der Waals surface area contributed by atoms with Crippen molar-refractivity contribution < 1.29 is 9.21 Å². The number of nitrogens with one attached hydrogen (secondary N) is 1. The summed E-state index contributed by atoms with van der Waals surface area (Å²) in [6.07, 6.45) is 3.44. The van der Waals surface area contributed by atoms with Gasteiger partial charge in [-0.3, -0.25) is 9.89 Å². The molecule has 1 aliphatic rings. The van der Waals surface area contributed by atoms with Crippen LogP contribution < -0.4 is 0 Å². The fourth-order valence-electron chi connectivity index (χ4n) is 2.81. The molecule has 1 amide bonds. The topological polar surface area (TPSA) is 87.9 Å². The van der Waals surface area contributed by atoms with E-state index in [1.165, 1.54) is 0 Å². The van der Waals surface area contributed by atoms with Crippen LogP contribution >= 0.6 is 11.3 Å². The van der Waals surface area contributed by atoms with Crippen molar-refractivity contribution in [1.82, 2.24) is 25.3 Å². The van der Waals surface area contributed by atoms with Gasteiger partial charge in [0.25, 0.3) is 11.8 Å². The number of rotatable bonds is 3. The quantitative estimate of drug-likeness (QED) is 0.798. The Labute approximate surface area is 136 Å². The van der Waals surface area contributed by atoms with Gasteiger partial charge in [0.05, 0.1) is 10.8 Å². The molecule has 1 fully saturated rings. The second-order valence-corrected chi connectivity index (χ2v) is 6.43. The first-order chi connectivity index (χ1) is 11.3. The maximum absolute atomic E-state index is 12.4. The number of amides is 1. The van der Waals surface area contributed by atoms with Crippen LogP contribution in [-0.4, -0.2) is 44.3 Å². The minimum atomic E-state index is -0.0369. The van der Waals surface area contributed by atoms with Gasteiger partial charge < -0.3 is 9.32 Å². The molecule has 3 aromatic heterocycles. The van der Waals surface area contributed by atoms with Crippen molar-refractivity contribution in [1.29, 1.82) is 0 Å². The third-order valence-corrected chi connectivity index (χ3v) is 4.82. The molecule has 4 heterocycles. The predicted octanol–water partition coefficient (Wildman–Crippen LogP) is 2.54. The summed E-state index contributed by atoms with van der Waals surface area (Å²) in [4.78, 5) is 15.2. The lowest BCUT2D eigenvalue weighted by Gasteiger charge is -2.30. The smallest absolute Gasteiger partial charge is 0.271 e. The molecule has 1 atom stereocenters. The van der Waals surface area contributed by atoms with Crippen molar-refractivity contribution in [3.8, 4) is 10.8 Å². The molecule has 0 saturated carbocycles. The van der Waals surface area contributed by atoms with Crippen molar-refractivity contribution in [2.45, 2.75) is 18.8 Å². The van der Waals surface area contributed by atoms with Crippen LogP contribution in [0.15, 0.2) is 34.2 Å². The van der Waals surface area contributed by atoms with E-state index in [2.05, 4.69) is 20.4 Å². The summed E-state index contributed by atoms with van der Waals surface area (Å²) in [5, 5.41) is 16.8. The Bertz CT molecular complexity index is 781. The summed E-state index contributed by atoms with van der Waals surface area (Å²) in [7, 11) is 0. The summed E-state index contributed by atoms with van der Waals surface area (Å²) in [6.45, 7) is 1.32. The summed E-state index contributed by atoms with van der Waals surface area (Å²) in [5.41, 5.74) is 0.510. The number of aromatic amines is 1. The Balaban J connectivity index is 1.50. The van der Waals surface area contributed by atoms with Gasteiger partial charge in [0.15, 0.2) is 0 Å². The van der Waals surface area contributed by atoms with Crippen LogP contribution in [0, 0.1) is 0 Å². The van der Waals surface area contributed by atoms with Crippen LogP contribution in [0.3, 0.4) is 0 Å². The Kier molecular flexibility index (Phi) is 3.66. The number of nitrogens with zero attached hydrogens (tertiary/aromatic N) is 4. The predicted molar refractivity (Wildman–Crippen MR) is 84.1 cm³/mol. The molecule has 8 heteroatoms. The van der Waals surface area contributed by atoms with Crippen molar-refractivity contribution >= 4 is 17.2 Å². The van der Waals surface area contributed by atoms with E-state index in [1.54, 1.807) is 23.6 Å². The third kappa shape index (κ3) is 2.77. The van der Waals surface area contributed by atoms with Crippen molar-refractivity contribution in [3.05, 3.63) is 41.4 Å². The zero-order valence-electron chi connectivity index (χ0n) is 12.3. The second-order valence-electron chi connectivity index (χ2n) is 5.48. The molecule has 1 N–H and O–H groups in total. The van der Waals surface area contributed by atoms with Crippen LogP contribution in [0.2, 0.25) is 0 Å². The van der Waals surface area contributed by atoms with Crippen LogP contribution in [0.25, 0.3) is 10.8 Å². The zero-order chi connectivity index (χ0) is 15.6. The average molecular weight is 329 g/mol. The minimum absolute atomic E-state index is 0.0369. The lowest BCUT2D eigenvalue weighted by molar-refractivity contribution is 0.0692. The lowest BCUT2D eigenvalue weighted by atomic mass is 9.98. The molecule has 118 valence electrons. The second kappa shape index (κ2) is 5.96. The fraction of sp³-hybridized carbons (Fsp3) is 0.333. The van der Waals surface area contributed by atoms with Crippen molar-refractivity contribution in [2.75, 3.05) is 13.1 Å². The lowest BCUT2D eigenvalue weighted by Crippen LogP contribution is -2.39. The maximum Gasteiger partial charge on any atom is 0.271 e. The van der Waals surface area contributed by atoms with Gasteiger partial charge in [-0.15, -0.1) is 21.5 Å². The zero-order valence-corrected chi connectivity index (χ0v) is 13.1. The first-order valence-electron chi connectivity index (χ1n) is 7.47. The average Bonchev–Trinajstić information content (AvgIpc) is 3.36. The van der Waals surface area contributed by atoms with Crippen molar-refractivity contribution in [2.24, 2.45) is 0 Å². The fourth-order valence-corrected chi connectivity index (χ4v) is 3.45. The summed E-state index contributed by atoms with van der Waals surface area (Å²) in [5.74, 6) is 1.20. The minimum Gasteiger partial charge on any atom is -0.420 e. The molecule has 1 aliphatic heterocycles. The first kappa shape index (κ1) is 14.1. The van der Waals surface area contributed by atoms with Gasteiger partial charge in [0.2, 0.25) is 5.89 Å². The van der Waals surface area contributed by atoms with Crippen LogP contribution in [0.4, 0.5) is 0 Å². The first-order valence-corrected chi connectivity index (χ1v) is 8.35. The molecule has 3 aromatic rings. The van der Waals surface area contributed by atoms with Crippen LogP contribution in [0.5, 0.6) is 0 Å². The SMILES string of the molecule is O=C(c1ccn[nH]1)N1CCCC(c2nnc(-c3cccs3)o2)C1. The number of carbonyl (C=O) groups excluding carboxylic acids is 1. The molecule has 0 radical (unpaired) electrons. The molecule has 1 unspecified atom stereocenters. The van der Waals surface area contributed by atoms with E-state index in [1.807, 2.05) is 22.4 Å². The van der Waals surface area contributed by atoms with E-state index in [0.29, 0.717) is 24.0 Å². The van der Waals surface area contributed by atoms with E-state index >= 15 is 0 Å². The van der Waals surface area contributed by atoms with Gasteiger partial charge >= 0.3 is 0 Å². The van der Waals surface area contributed by atoms with Gasteiger partial charge in [-0.25, -0.2) is 0 Å². The van der Waals surface area contributed by atoms with Crippen LogP contribution in [-0.2, 0) is 0 Å². The number of H-pyrrole nitrogens is 1. The van der Waals surface area contributed by atoms with Gasteiger partial charge in [-0.1, -0.05) is 6.07 Å². The molecule has 0 aromatic carbocycles. The van der Waals surface area contributed by atoms with Gasteiger partial charge in [-0.05, 0) is 30.4 Å². The largest absolute Gasteiger partial charge is 0.420 e. The number of piperidine rings is 1. The van der Waals surface area contributed by atoms with Gasteiger partial charge in [0, 0.05) is 19.3 Å². The molecular weight excluding hydrogens is 314 g/mol. The molecule has 4 rings (SSSR count). The highest BCUT2D eigenvalue weighted by molar-refractivity contribution is 7.13. The van der Waals surface area contributed by atoms with E-state index in [-0.39, 0.29) is 11.8 Å². The molecule has 0 bridgehead atoms. The molecule has 7 nitrogen and oxygen atoms in total. The number of likely N-dealkylation sites (tertiary alicyclic amines) is 1. The van der Waals surface area contributed by atoms with E-state index in [4.69, 9.17) is 4.42 Å². The normalized spacial score (nSPS) is 18.3. The number of thiophene rings is 1. The van der Waals surface area contributed by atoms with E-state index in [0.717, 1.165) is 24.3 Å². The number of hydrogen-bond donors (Lipinski definition) is 1. The monoisotopic (exact) mass is 329 g/mol. The summed E-state index contributed by atoms with van der Waals surface area (Å²) < 4.78 is 5.82. The number of carbonyl (C=O) groups is 1. The molecule has 0 aliphatic carbocycles. The van der Waals surface area contributed by atoms with E-state index < -0.39 is 0 Å². The highest BCUT2D eigenvalue weighted by Crippen LogP contribution is 2.30. The number of aromatic nitrogens is 4. The Morgan fingerprint density at radius 3 is 3.13 bits per heavy atom. The van der Waals surface area contributed by atoms with Crippen molar-refractivity contribution in [3.63, 3.8) is 0 Å². The summed E-state index contributed by atoms with van der Waals surface area (Å²) in [6, 6.07) is 5.60. The Morgan fingerprint density at radius 2 is 2.35 bits per heavy atom. The Hall–Kier alpha value is -2.48.